The molecule has 94 valence electrons. The van der Waals surface area contributed by atoms with Gasteiger partial charge in [-0.05, 0) is 6.42 Å². The number of nitrogens with one attached hydrogen (secondary N) is 1. The van der Waals surface area contributed by atoms with Crippen LogP contribution in [0.15, 0.2) is 12.3 Å². The maximum atomic E-state index is 12.0. The van der Waals surface area contributed by atoms with Gasteiger partial charge in [-0.3, -0.25) is 14.9 Å². The van der Waals surface area contributed by atoms with Crippen LogP contribution in [0.5, 0.6) is 0 Å². The van der Waals surface area contributed by atoms with Gasteiger partial charge in [-0.15, -0.1) is 0 Å². The summed E-state index contributed by atoms with van der Waals surface area (Å²) < 4.78 is 0. The van der Waals surface area contributed by atoms with Crippen LogP contribution in [0.25, 0.3) is 0 Å². The van der Waals surface area contributed by atoms with Gasteiger partial charge in [-0.1, -0.05) is 22.9 Å². The summed E-state index contributed by atoms with van der Waals surface area (Å²) in [6.07, 6.45) is 2.08. The molecule has 0 saturated heterocycles. The van der Waals surface area contributed by atoms with Gasteiger partial charge in [0.25, 0.3) is 11.6 Å². The van der Waals surface area contributed by atoms with Crippen LogP contribution in [0.4, 0.5) is 5.69 Å². The number of hydrogen-bond acceptors (Lipinski definition) is 3. The standard InChI is InChI=1S/C10H14BrN3O3/c1-2-4-13(5-3-11)10(15)9-6-8(7-12-9)14(16)17/h6-7,12H,2-5H2,1H3. The summed E-state index contributed by atoms with van der Waals surface area (Å²) in [5.74, 6) is -0.209. The van der Waals surface area contributed by atoms with Gasteiger partial charge in [-0.25, -0.2) is 0 Å². The number of aromatic amines is 1. The lowest BCUT2D eigenvalue weighted by Gasteiger charge is -2.19. The van der Waals surface area contributed by atoms with Gasteiger partial charge >= 0.3 is 0 Å². The number of rotatable bonds is 6. The summed E-state index contributed by atoms with van der Waals surface area (Å²) in [5.41, 5.74) is 0.162. The molecule has 7 heteroatoms. The van der Waals surface area contributed by atoms with E-state index in [1.54, 1.807) is 4.90 Å². The van der Waals surface area contributed by atoms with Gasteiger partial charge in [0.1, 0.15) is 5.69 Å². The van der Waals surface area contributed by atoms with Crippen molar-refractivity contribution in [2.24, 2.45) is 0 Å². The van der Waals surface area contributed by atoms with Crippen molar-refractivity contribution in [2.75, 3.05) is 18.4 Å². The predicted octanol–water partition coefficient (Wildman–Crippen LogP) is 2.17. The highest BCUT2D eigenvalue weighted by molar-refractivity contribution is 9.09. The van der Waals surface area contributed by atoms with Gasteiger partial charge in [-0.2, -0.15) is 0 Å². The monoisotopic (exact) mass is 303 g/mol. The van der Waals surface area contributed by atoms with Crippen molar-refractivity contribution in [3.63, 3.8) is 0 Å². The molecule has 0 aromatic carbocycles. The zero-order chi connectivity index (χ0) is 12.8. The van der Waals surface area contributed by atoms with Crippen molar-refractivity contribution >= 4 is 27.5 Å². The molecule has 0 bridgehead atoms. The predicted molar refractivity (Wildman–Crippen MR) is 67.4 cm³/mol. The summed E-state index contributed by atoms with van der Waals surface area (Å²) in [7, 11) is 0. The Morgan fingerprint density at radius 1 is 1.59 bits per heavy atom. The van der Waals surface area contributed by atoms with E-state index in [1.165, 1.54) is 12.3 Å². The van der Waals surface area contributed by atoms with Crippen LogP contribution in [0, 0.1) is 10.1 Å². The third kappa shape index (κ3) is 3.55. The normalized spacial score (nSPS) is 10.2. The molecule has 0 radical (unpaired) electrons. The molecule has 0 spiro atoms. The van der Waals surface area contributed by atoms with Crippen molar-refractivity contribution in [1.82, 2.24) is 9.88 Å². The number of nitro groups is 1. The van der Waals surface area contributed by atoms with Gasteiger partial charge in [0.15, 0.2) is 0 Å². The Balaban J connectivity index is 2.81. The zero-order valence-electron chi connectivity index (χ0n) is 9.48. The fourth-order valence-corrected chi connectivity index (χ4v) is 1.90. The minimum absolute atomic E-state index is 0.0939. The van der Waals surface area contributed by atoms with Gasteiger partial charge < -0.3 is 9.88 Å². The maximum Gasteiger partial charge on any atom is 0.287 e. The van der Waals surface area contributed by atoms with E-state index in [1.807, 2.05) is 6.92 Å². The van der Waals surface area contributed by atoms with Crippen molar-refractivity contribution in [3.8, 4) is 0 Å². The highest BCUT2D eigenvalue weighted by Crippen LogP contribution is 2.14. The van der Waals surface area contributed by atoms with Crippen molar-refractivity contribution in [1.29, 1.82) is 0 Å². The van der Waals surface area contributed by atoms with Crippen LogP contribution in [-0.2, 0) is 0 Å². The SMILES string of the molecule is CCCN(CCBr)C(=O)c1cc([N+](=O)[O-])c[nH]1. The molecule has 0 unspecified atom stereocenters. The van der Waals surface area contributed by atoms with Crippen LogP contribution >= 0.6 is 15.9 Å². The van der Waals surface area contributed by atoms with Crippen LogP contribution in [0.3, 0.4) is 0 Å². The molecule has 0 atom stereocenters. The van der Waals surface area contributed by atoms with E-state index in [0.717, 1.165) is 6.42 Å². The topological polar surface area (TPSA) is 79.2 Å². The van der Waals surface area contributed by atoms with Crippen LogP contribution in [-0.4, -0.2) is 39.1 Å². The fourth-order valence-electron chi connectivity index (χ4n) is 1.47. The molecule has 1 heterocycles. The molecular weight excluding hydrogens is 290 g/mol. The average Bonchev–Trinajstić information content (AvgIpc) is 2.77. The van der Waals surface area contributed by atoms with E-state index in [-0.39, 0.29) is 17.3 Å². The number of H-pyrrole nitrogens is 1. The summed E-state index contributed by atoms with van der Waals surface area (Å²) in [6.45, 7) is 3.20. The molecule has 0 fully saturated rings. The van der Waals surface area contributed by atoms with E-state index in [9.17, 15) is 14.9 Å². The molecule has 1 aromatic rings. The van der Waals surface area contributed by atoms with E-state index >= 15 is 0 Å². The molecule has 1 rings (SSSR count). The van der Waals surface area contributed by atoms with Crippen molar-refractivity contribution in [3.05, 3.63) is 28.1 Å². The first-order valence-electron chi connectivity index (χ1n) is 5.28. The number of aromatic nitrogens is 1. The minimum Gasteiger partial charge on any atom is -0.351 e. The molecular formula is C10H14BrN3O3. The molecule has 0 saturated carbocycles. The molecule has 1 N–H and O–H groups in total. The second-order valence-electron chi connectivity index (χ2n) is 3.51. The molecule has 0 aliphatic carbocycles. The first-order valence-corrected chi connectivity index (χ1v) is 6.40. The van der Waals surface area contributed by atoms with Gasteiger partial charge in [0, 0.05) is 24.5 Å². The van der Waals surface area contributed by atoms with Gasteiger partial charge in [0.2, 0.25) is 0 Å². The summed E-state index contributed by atoms with van der Waals surface area (Å²) in [4.78, 5) is 26.3. The highest BCUT2D eigenvalue weighted by atomic mass is 79.9. The van der Waals surface area contributed by atoms with Crippen molar-refractivity contribution < 1.29 is 9.72 Å². The van der Waals surface area contributed by atoms with E-state index in [4.69, 9.17) is 0 Å². The number of nitrogens with zero attached hydrogens (tertiary/aromatic N) is 2. The second-order valence-corrected chi connectivity index (χ2v) is 4.30. The minimum atomic E-state index is -0.526. The summed E-state index contributed by atoms with van der Waals surface area (Å²) in [5, 5.41) is 11.2. The number of carbonyl (C=O) groups excluding carboxylic acids is 1. The highest BCUT2D eigenvalue weighted by Gasteiger charge is 2.19. The second kappa shape index (κ2) is 6.39. The number of amides is 1. The molecule has 0 aliphatic heterocycles. The number of halogens is 1. The van der Waals surface area contributed by atoms with E-state index < -0.39 is 4.92 Å². The molecule has 1 amide bonds. The maximum absolute atomic E-state index is 12.0. The van der Waals surface area contributed by atoms with Crippen LogP contribution < -0.4 is 0 Å². The molecule has 17 heavy (non-hydrogen) atoms. The first kappa shape index (κ1) is 13.7. The van der Waals surface area contributed by atoms with Crippen molar-refractivity contribution in [2.45, 2.75) is 13.3 Å². The van der Waals surface area contributed by atoms with E-state index in [2.05, 4.69) is 20.9 Å². The van der Waals surface area contributed by atoms with E-state index in [0.29, 0.717) is 18.4 Å². The number of hydrogen-bond donors (Lipinski definition) is 1. The molecule has 0 aliphatic rings. The first-order chi connectivity index (χ1) is 8.10. The van der Waals surface area contributed by atoms with Gasteiger partial charge in [0.05, 0.1) is 11.1 Å². The smallest absolute Gasteiger partial charge is 0.287 e. The lowest BCUT2D eigenvalue weighted by molar-refractivity contribution is -0.384. The molecule has 6 nitrogen and oxygen atoms in total. The lowest BCUT2D eigenvalue weighted by Crippen LogP contribution is -2.33. The Labute approximate surface area is 107 Å². The zero-order valence-corrected chi connectivity index (χ0v) is 11.1. The number of alkyl halides is 1. The van der Waals surface area contributed by atoms with Crippen LogP contribution in [0.1, 0.15) is 23.8 Å². The summed E-state index contributed by atoms with van der Waals surface area (Å²) in [6, 6.07) is 1.26. The Morgan fingerprint density at radius 2 is 2.29 bits per heavy atom. The Bertz CT molecular complexity index is 399. The third-order valence-corrected chi connectivity index (χ3v) is 2.60. The van der Waals surface area contributed by atoms with Crippen LogP contribution in [0.2, 0.25) is 0 Å². The summed E-state index contributed by atoms with van der Waals surface area (Å²) >= 11 is 3.28. The number of carbonyl (C=O) groups is 1. The molecule has 1 aromatic heterocycles. The largest absolute Gasteiger partial charge is 0.351 e. The Kier molecular flexibility index (Phi) is 5.14. The third-order valence-electron chi connectivity index (χ3n) is 2.24. The lowest BCUT2D eigenvalue weighted by atomic mass is 10.3. The Morgan fingerprint density at radius 3 is 2.76 bits per heavy atom. The average molecular weight is 304 g/mol. The quantitative estimate of drug-likeness (QED) is 0.497. The Hall–Kier alpha value is -1.37. The fraction of sp³-hybridized carbons (Fsp3) is 0.500.